The Morgan fingerprint density at radius 2 is 1.85 bits per heavy atom. The zero-order valence-electron chi connectivity index (χ0n) is 15.9. The van der Waals surface area contributed by atoms with Crippen LogP contribution in [0.25, 0.3) is 10.9 Å². The number of amides is 1. The van der Waals surface area contributed by atoms with Gasteiger partial charge in [-0.1, -0.05) is 48.0 Å². The molecule has 0 bridgehead atoms. The van der Waals surface area contributed by atoms with E-state index in [0.29, 0.717) is 6.42 Å². The normalized spacial score (nSPS) is 15.4. The van der Waals surface area contributed by atoms with E-state index in [1.54, 1.807) is 0 Å². The lowest BCUT2D eigenvalue weighted by atomic mass is 10.1. The first-order valence-corrected chi connectivity index (χ1v) is 9.80. The van der Waals surface area contributed by atoms with Crippen molar-refractivity contribution in [1.82, 2.24) is 14.8 Å². The summed E-state index contributed by atoms with van der Waals surface area (Å²) in [6.07, 6.45) is 3.69. The van der Waals surface area contributed by atoms with Gasteiger partial charge in [-0.25, -0.2) is 0 Å². The van der Waals surface area contributed by atoms with Crippen LogP contribution in [0, 0.1) is 6.92 Å². The number of aromatic nitrogens is 1. The van der Waals surface area contributed by atoms with Gasteiger partial charge in [0.25, 0.3) is 0 Å². The van der Waals surface area contributed by atoms with Gasteiger partial charge in [0.15, 0.2) is 0 Å². The molecule has 4 rings (SSSR count). The van der Waals surface area contributed by atoms with Crippen LogP contribution in [-0.2, 0) is 17.6 Å². The molecule has 1 aliphatic heterocycles. The van der Waals surface area contributed by atoms with Gasteiger partial charge in [0.1, 0.15) is 0 Å². The Morgan fingerprint density at radius 1 is 1.04 bits per heavy atom. The molecule has 1 amide bonds. The standard InChI is InChI=1S/C23H27N3O/c1-18-5-4-6-19(15-18)16-23(27)26-13-11-25(12-14-26)10-9-20-17-24-22-8-3-2-7-21(20)22/h2-8,15,17,24H,9-14,16H2,1H3. The molecule has 4 heteroatoms. The maximum Gasteiger partial charge on any atom is 0.227 e. The number of nitrogens with zero attached hydrogens (tertiary/aromatic N) is 2. The first-order chi connectivity index (χ1) is 13.2. The fraction of sp³-hybridized carbons (Fsp3) is 0.348. The van der Waals surface area contributed by atoms with E-state index in [0.717, 1.165) is 44.7 Å². The lowest BCUT2D eigenvalue weighted by Crippen LogP contribution is -2.49. The van der Waals surface area contributed by atoms with Gasteiger partial charge in [-0.3, -0.25) is 9.69 Å². The molecule has 1 aliphatic rings. The second-order valence-electron chi connectivity index (χ2n) is 7.50. The molecule has 140 valence electrons. The number of H-pyrrole nitrogens is 1. The Morgan fingerprint density at radius 3 is 2.67 bits per heavy atom. The first kappa shape index (κ1) is 17.8. The highest BCUT2D eigenvalue weighted by Gasteiger charge is 2.21. The van der Waals surface area contributed by atoms with Gasteiger partial charge in [0.05, 0.1) is 6.42 Å². The number of nitrogens with one attached hydrogen (secondary N) is 1. The van der Waals surface area contributed by atoms with Crippen molar-refractivity contribution >= 4 is 16.8 Å². The number of aromatic amines is 1. The molecular weight excluding hydrogens is 334 g/mol. The summed E-state index contributed by atoms with van der Waals surface area (Å²) in [5, 5.41) is 1.32. The van der Waals surface area contributed by atoms with Crippen LogP contribution in [0.3, 0.4) is 0 Å². The van der Waals surface area contributed by atoms with Gasteiger partial charge >= 0.3 is 0 Å². The minimum atomic E-state index is 0.247. The summed E-state index contributed by atoms with van der Waals surface area (Å²) in [5.74, 6) is 0.247. The average Bonchev–Trinajstić information content (AvgIpc) is 3.10. The number of carbonyl (C=O) groups is 1. The van der Waals surface area contributed by atoms with E-state index in [4.69, 9.17) is 0 Å². The number of fused-ring (bicyclic) bond motifs is 1. The molecule has 0 aliphatic carbocycles. The molecule has 1 fully saturated rings. The van der Waals surface area contributed by atoms with Crippen molar-refractivity contribution in [3.63, 3.8) is 0 Å². The molecule has 4 nitrogen and oxygen atoms in total. The first-order valence-electron chi connectivity index (χ1n) is 9.80. The van der Waals surface area contributed by atoms with Crippen LogP contribution in [-0.4, -0.2) is 53.4 Å². The summed E-state index contributed by atoms with van der Waals surface area (Å²) in [5.41, 5.74) is 4.91. The van der Waals surface area contributed by atoms with Gasteiger partial charge in [-0.05, 0) is 30.5 Å². The van der Waals surface area contributed by atoms with Crippen LogP contribution < -0.4 is 0 Å². The summed E-state index contributed by atoms with van der Waals surface area (Å²) in [6.45, 7) is 6.70. The Hall–Kier alpha value is -2.59. The molecular formula is C23H27N3O. The summed E-state index contributed by atoms with van der Waals surface area (Å²) in [7, 11) is 0. The molecule has 27 heavy (non-hydrogen) atoms. The number of hydrogen-bond acceptors (Lipinski definition) is 2. The molecule has 0 unspecified atom stereocenters. The predicted molar refractivity (Wildman–Crippen MR) is 110 cm³/mol. The zero-order chi connectivity index (χ0) is 18.6. The van der Waals surface area contributed by atoms with Gasteiger partial charge in [0.2, 0.25) is 5.91 Å². The van der Waals surface area contributed by atoms with E-state index in [-0.39, 0.29) is 5.91 Å². The van der Waals surface area contributed by atoms with Crippen molar-refractivity contribution in [2.75, 3.05) is 32.7 Å². The number of piperazine rings is 1. The minimum absolute atomic E-state index is 0.247. The number of carbonyl (C=O) groups excluding carboxylic acids is 1. The lowest BCUT2D eigenvalue weighted by molar-refractivity contribution is -0.132. The van der Waals surface area contributed by atoms with Gasteiger partial charge in [0, 0.05) is 49.8 Å². The van der Waals surface area contributed by atoms with Crippen molar-refractivity contribution in [2.45, 2.75) is 19.8 Å². The summed E-state index contributed by atoms with van der Waals surface area (Å²) in [6, 6.07) is 16.7. The Bertz CT molecular complexity index is 922. The maximum absolute atomic E-state index is 12.6. The fourth-order valence-corrected chi connectivity index (χ4v) is 3.95. The number of benzene rings is 2. The Labute approximate surface area is 160 Å². The van der Waals surface area contributed by atoms with Crippen molar-refractivity contribution in [2.24, 2.45) is 0 Å². The van der Waals surface area contributed by atoms with Gasteiger partial charge in [-0.2, -0.15) is 0 Å². The van der Waals surface area contributed by atoms with Crippen molar-refractivity contribution < 1.29 is 4.79 Å². The van der Waals surface area contributed by atoms with Crippen LogP contribution in [0.5, 0.6) is 0 Å². The number of aryl methyl sites for hydroxylation is 1. The maximum atomic E-state index is 12.6. The largest absolute Gasteiger partial charge is 0.361 e. The van der Waals surface area contributed by atoms with Gasteiger partial charge < -0.3 is 9.88 Å². The minimum Gasteiger partial charge on any atom is -0.361 e. The highest BCUT2D eigenvalue weighted by Crippen LogP contribution is 2.18. The molecule has 0 saturated carbocycles. The third-order valence-electron chi connectivity index (χ3n) is 5.54. The molecule has 2 heterocycles. The van der Waals surface area contributed by atoms with Crippen molar-refractivity contribution in [1.29, 1.82) is 0 Å². The highest BCUT2D eigenvalue weighted by molar-refractivity contribution is 5.83. The highest BCUT2D eigenvalue weighted by atomic mass is 16.2. The lowest BCUT2D eigenvalue weighted by Gasteiger charge is -2.34. The third kappa shape index (κ3) is 4.22. The van der Waals surface area contributed by atoms with Crippen molar-refractivity contribution in [3.8, 4) is 0 Å². The summed E-state index contributed by atoms with van der Waals surface area (Å²) >= 11 is 0. The average molecular weight is 361 g/mol. The van der Waals surface area contributed by atoms with E-state index in [2.05, 4.69) is 59.4 Å². The molecule has 1 saturated heterocycles. The number of hydrogen-bond donors (Lipinski definition) is 1. The van der Waals surface area contributed by atoms with E-state index < -0.39 is 0 Å². The Balaban J connectivity index is 1.27. The molecule has 1 aromatic heterocycles. The number of para-hydroxylation sites is 1. The molecule has 2 aromatic carbocycles. The molecule has 0 radical (unpaired) electrons. The van der Waals surface area contributed by atoms with E-state index in [1.807, 2.05) is 17.0 Å². The SMILES string of the molecule is Cc1cccc(CC(=O)N2CCN(CCc3c[nH]c4ccccc34)CC2)c1. The molecule has 0 spiro atoms. The summed E-state index contributed by atoms with van der Waals surface area (Å²) in [4.78, 5) is 20.4. The third-order valence-corrected chi connectivity index (χ3v) is 5.54. The number of rotatable bonds is 5. The quantitative estimate of drug-likeness (QED) is 0.756. The van der Waals surface area contributed by atoms with Crippen LogP contribution in [0.2, 0.25) is 0 Å². The van der Waals surface area contributed by atoms with E-state index in [1.165, 1.54) is 22.0 Å². The van der Waals surface area contributed by atoms with Crippen molar-refractivity contribution in [3.05, 3.63) is 71.4 Å². The van der Waals surface area contributed by atoms with E-state index >= 15 is 0 Å². The summed E-state index contributed by atoms with van der Waals surface area (Å²) < 4.78 is 0. The van der Waals surface area contributed by atoms with Crippen LogP contribution in [0.4, 0.5) is 0 Å². The Kier molecular flexibility index (Phi) is 5.26. The zero-order valence-corrected chi connectivity index (χ0v) is 15.9. The molecule has 0 atom stereocenters. The predicted octanol–water partition coefficient (Wildman–Crippen LogP) is 3.41. The molecule has 1 N–H and O–H groups in total. The van der Waals surface area contributed by atoms with Crippen LogP contribution in [0.15, 0.2) is 54.7 Å². The topological polar surface area (TPSA) is 39.3 Å². The molecule has 3 aromatic rings. The van der Waals surface area contributed by atoms with Gasteiger partial charge in [-0.15, -0.1) is 0 Å². The fourth-order valence-electron chi connectivity index (χ4n) is 3.95. The van der Waals surface area contributed by atoms with E-state index in [9.17, 15) is 4.79 Å². The van der Waals surface area contributed by atoms with Crippen LogP contribution >= 0.6 is 0 Å². The smallest absolute Gasteiger partial charge is 0.227 e. The monoisotopic (exact) mass is 361 g/mol. The van der Waals surface area contributed by atoms with Crippen LogP contribution in [0.1, 0.15) is 16.7 Å². The second-order valence-corrected chi connectivity index (χ2v) is 7.50. The second kappa shape index (κ2) is 7.97.